The van der Waals surface area contributed by atoms with Crippen LogP contribution < -0.4 is 4.74 Å². The molecule has 0 spiro atoms. The SMILES string of the molecule is CCCc1cccc(OC)c1-c1cccc(F)c1F. The number of methoxy groups -OCH3 is 1. The van der Waals surface area contributed by atoms with Gasteiger partial charge in [-0.1, -0.05) is 37.6 Å². The zero-order chi connectivity index (χ0) is 13.8. The average molecular weight is 262 g/mol. The maximum Gasteiger partial charge on any atom is 0.166 e. The monoisotopic (exact) mass is 262 g/mol. The van der Waals surface area contributed by atoms with Crippen LogP contribution in [0.4, 0.5) is 8.78 Å². The Morgan fingerprint density at radius 1 is 1.05 bits per heavy atom. The molecule has 0 aliphatic rings. The van der Waals surface area contributed by atoms with Gasteiger partial charge in [0.1, 0.15) is 5.75 Å². The van der Waals surface area contributed by atoms with Crippen molar-refractivity contribution in [2.45, 2.75) is 19.8 Å². The molecule has 100 valence electrons. The topological polar surface area (TPSA) is 9.23 Å². The first-order chi connectivity index (χ1) is 9.19. The summed E-state index contributed by atoms with van der Waals surface area (Å²) in [5.41, 5.74) is 1.86. The highest BCUT2D eigenvalue weighted by atomic mass is 19.2. The number of rotatable bonds is 4. The summed E-state index contributed by atoms with van der Waals surface area (Å²) in [4.78, 5) is 0. The van der Waals surface area contributed by atoms with Crippen molar-refractivity contribution in [3.8, 4) is 16.9 Å². The van der Waals surface area contributed by atoms with Gasteiger partial charge in [0, 0.05) is 11.1 Å². The molecule has 0 amide bonds. The Balaban J connectivity index is 2.68. The second-order valence-electron chi connectivity index (χ2n) is 4.35. The molecule has 2 aromatic carbocycles. The third-order valence-corrected chi connectivity index (χ3v) is 3.07. The van der Waals surface area contributed by atoms with Crippen LogP contribution in [0, 0.1) is 11.6 Å². The lowest BCUT2D eigenvalue weighted by molar-refractivity contribution is 0.415. The molecule has 0 bridgehead atoms. The van der Waals surface area contributed by atoms with E-state index in [4.69, 9.17) is 4.74 Å². The quantitative estimate of drug-likeness (QED) is 0.782. The van der Waals surface area contributed by atoms with Crippen LogP contribution in [0.2, 0.25) is 0 Å². The van der Waals surface area contributed by atoms with Gasteiger partial charge in [-0.05, 0) is 24.1 Å². The lowest BCUT2D eigenvalue weighted by Gasteiger charge is -2.14. The first-order valence-corrected chi connectivity index (χ1v) is 6.29. The van der Waals surface area contributed by atoms with Crippen molar-refractivity contribution in [1.29, 1.82) is 0 Å². The number of hydrogen-bond acceptors (Lipinski definition) is 1. The van der Waals surface area contributed by atoms with Gasteiger partial charge in [0.15, 0.2) is 11.6 Å². The van der Waals surface area contributed by atoms with Gasteiger partial charge in [0.25, 0.3) is 0 Å². The van der Waals surface area contributed by atoms with Gasteiger partial charge in [-0.15, -0.1) is 0 Å². The van der Waals surface area contributed by atoms with Crippen LogP contribution in [0.1, 0.15) is 18.9 Å². The molecule has 0 unspecified atom stereocenters. The van der Waals surface area contributed by atoms with E-state index in [1.54, 1.807) is 12.1 Å². The second-order valence-corrected chi connectivity index (χ2v) is 4.35. The average Bonchev–Trinajstić information content (AvgIpc) is 2.42. The minimum Gasteiger partial charge on any atom is -0.496 e. The third kappa shape index (κ3) is 2.60. The predicted molar refractivity (Wildman–Crippen MR) is 72.3 cm³/mol. The Morgan fingerprint density at radius 3 is 2.47 bits per heavy atom. The molecule has 0 radical (unpaired) electrons. The Labute approximate surface area is 111 Å². The maximum atomic E-state index is 14.0. The van der Waals surface area contributed by atoms with E-state index in [2.05, 4.69) is 0 Å². The van der Waals surface area contributed by atoms with Crippen LogP contribution in [-0.4, -0.2) is 7.11 Å². The summed E-state index contributed by atoms with van der Waals surface area (Å²) in [7, 11) is 1.53. The molecule has 0 saturated heterocycles. The van der Waals surface area contributed by atoms with Crippen molar-refractivity contribution in [1.82, 2.24) is 0 Å². The largest absolute Gasteiger partial charge is 0.496 e. The van der Waals surface area contributed by atoms with Crippen molar-refractivity contribution >= 4 is 0 Å². The molecule has 1 nitrogen and oxygen atoms in total. The van der Waals surface area contributed by atoms with E-state index >= 15 is 0 Å². The van der Waals surface area contributed by atoms with Crippen molar-refractivity contribution < 1.29 is 13.5 Å². The van der Waals surface area contributed by atoms with Crippen LogP contribution in [-0.2, 0) is 6.42 Å². The molecule has 2 aromatic rings. The number of ether oxygens (including phenoxy) is 1. The first-order valence-electron chi connectivity index (χ1n) is 6.29. The standard InChI is InChI=1S/C16H16F2O/c1-3-6-11-7-4-10-14(19-2)15(11)12-8-5-9-13(17)16(12)18/h4-5,7-10H,3,6H2,1-2H3. The zero-order valence-corrected chi connectivity index (χ0v) is 11.0. The fraction of sp³-hybridized carbons (Fsp3) is 0.250. The Bertz CT molecular complexity index is 579. The molecule has 2 rings (SSSR count). The summed E-state index contributed by atoms with van der Waals surface area (Å²) < 4.78 is 32.7. The third-order valence-electron chi connectivity index (χ3n) is 3.07. The molecule has 3 heteroatoms. The fourth-order valence-corrected chi connectivity index (χ4v) is 2.23. The van der Waals surface area contributed by atoms with Crippen molar-refractivity contribution in [3.63, 3.8) is 0 Å². The van der Waals surface area contributed by atoms with Crippen LogP contribution in [0.3, 0.4) is 0 Å². The number of halogens is 2. The normalized spacial score (nSPS) is 10.5. The Morgan fingerprint density at radius 2 is 1.79 bits per heavy atom. The van der Waals surface area contributed by atoms with Gasteiger partial charge < -0.3 is 4.74 Å². The van der Waals surface area contributed by atoms with Gasteiger partial charge in [0.2, 0.25) is 0 Å². The van der Waals surface area contributed by atoms with Gasteiger partial charge in [-0.3, -0.25) is 0 Å². The molecular formula is C16H16F2O. The minimum absolute atomic E-state index is 0.251. The lowest BCUT2D eigenvalue weighted by atomic mass is 9.95. The van der Waals surface area contributed by atoms with Crippen molar-refractivity contribution in [2.24, 2.45) is 0 Å². The van der Waals surface area contributed by atoms with Crippen LogP contribution >= 0.6 is 0 Å². The van der Waals surface area contributed by atoms with Gasteiger partial charge in [-0.2, -0.15) is 0 Å². The number of benzene rings is 2. The van der Waals surface area contributed by atoms with Crippen molar-refractivity contribution in [2.75, 3.05) is 7.11 Å². The molecule has 0 atom stereocenters. The van der Waals surface area contributed by atoms with Crippen molar-refractivity contribution in [3.05, 3.63) is 53.6 Å². The smallest absolute Gasteiger partial charge is 0.166 e. The Kier molecular flexibility index (Phi) is 4.15. The van der Waals surface area contributed by atoms with Gasteiger partial charge in [-0.25, -0.2) is 8.78 Å². The van der Waals surface area contributed by atoms with E-state index in [1.165, 1.54) is 13.2 Å². The van der Waals surface area contributed by atoms with Crippen LogP contribution in [0.5, 0.6) is 5.75 Å². The van der Waals surface area contributed by atoms with E-state index < -0.39 is 11.6 Å². The lowest BCUT2D eigenvalue weighted by Crippen LogP contribution is -1.97. The summed E-state index contributed by atoms with van der Waals surface area (Å²) in [5, 5.41) is 0. The summed E-state index contributed by atoms with van der Waals surface area (Å²) in [6, 6.07) is 9.76. The summed E-state index contributed by atoms with van der Waals surface area (Å²) >= 11 is 0. The number of hydrogen-bond donors (Lipinski definition) is 0. The first kappa shape index (κ1) is 13.5. The molecule has 0 heterocycles. The Hall–Kier alpha value is -1.90. The molecular weight excluding hydrogens is 246 g/mol. The van der Waals surface area contributed by atoms with Crippen LogP contribution in [0.15, 0.2) is 36.4 Å². The molecule has 0 N–H and O–H groups in total. The highest BCUT2D eigenvalue weighted by Gasteiger charge is 2.16. The summed E-state index contributed by atoms with van der Waals surface area (Å²) in [5.74, 6) is -1.11. The molecule has 0 aliphatic heterocycles. The molecule has 0 fully saturated rings. The van der Waals surface area contributed by atoms with E-state index in [9.17, 15) is 8.78 Å². The van der Waals surface area contributed by atoms with E-state index in [0.717, 1.165) is 24.5 Å². The molecule has 0 aliphatic carbocycles. The van der Waals surface area contributed by atoms with E-state index in [1.807, 2.05) is 19.1 Å². The van der Waals surface area contributed by atoms with Crippen LogP contribution in [0.25, 0.3) is 11.1 Å². The molecule has 0 aromatic heterocycles. The van der Waals surface area contributed by atoms with Gasteiger partial charge >= 0.3 is 0 Å². The molecule has 19 heavy (non-hydrogen) atoms. The van der Waals surface area contributed by atoms with E-state index in [-0.39, 0.29) is 5.56 Å². The zero-order valence-electron chi connectivity index (χ0n) is 11.0. The highest BCUT2D eigenvalue weighted by molar-refractivity contribution is 5.74. The minimum atomic E-state index is -0.842. The fourth-order valence-electron chi connectivity index (χ4n) is 2.23. The predicted octanol–water partition coefficient (Wildman–Crippen LogP) is 4.59. The summed E-state index contributed by atoms with van der Waals surface area (Å²) in [6.45, 7) is 2.05. The highest BCUT2D eigenvalue weighted by Crippen LogP contribution is 2.36. The van der Waals surface area contributed by atoms with Gasteiger partial charge in [0.05, 0.1) is 7.11 Å². The maximum absolute atomic E-state index is 14.0. The second kappa shape index (κ2) is 5.83. The van der Waals surface area contributed by atoms with E-state index in [0.29, 0.717) is 11.3 Å². The molecule has 0 saturated carbocycles. The summed E-state index contributed by atoms with van der Waals surface area (Å²) in [6.07, 6.45) is 1.72. The number of aryl methyl sites for hydroxylation is 1.